The second-order valence-corrected chi connectivity index (χ2v) is 7.51. The maximum absolute atomic E-state index is 12.7. The first kappa shape index (κ1) is 24.4. The number of aromatic nitrogens is 1. The van der Waals surface area contributed by atoms with Crippen LogP contribution in [0, 0.1) is 0 Å². The van der Waals surface area contributed by atoms with Crippen LogP contribution in [0.4, 0.5) is 13.2 Å². The van der Waals surface area contributed by atoms with Gasteiger partial charge in [-0.1, -0.05) is 34.8 Å². The molecule has 0 aliphatic heterocycles. The highest BCUT2D eigenvalue weighted by molar-refractivity contribution is 6.55. The summed E-state index contributed by atoms with van der Waals surface area (Å²) in [6, 6.07) is 6.80. The molecule has 164 valence electrons. The SMILES string of the molecule is FC(F)(F)c1ccnc(OCCCCCOc2cc(Cl)cc(OCC=C(Cl)Cl)c2)c1. The van der Waals surface area contributed by atoms with Crippen LogP contribution < -0.4 is 14.2 Å². The minimum Gasteiger partial charge on any atom is -0.493 e. The summed E-state index contributed by atoms with van der Waals surface area (Å²) in [7, 11) is 0. The highest BCUT2D eigenvalue weighted by Crippen LogP contribution is 2.30. The van der Waals surface area contributed by atoms with Crippen LogP contribution in [0.2, 0.25) is 5.02 Å². The summed E-state index contributed by atoms with van der Waals surface area (Å²) in [6.07, 6.45) is 0.305. The van der Waals surface area contributed by atoms with E-state index in [-0.39, 0.29) is 23.6 Å². The molecule has 4 nitrogen and oxygen atoms in total. The minimum absolute atomic E-state index is 0.0437. The molecule has 0 saturated heterocycles. The van der Waals surface area contributed by atoms with E-state index < -0.39 is 11.7 Å². The van der Waals surface area contributed by atoms with E-state index in [9.17, 15) is 13.2 Å². The Morgan fingerprint density at radius 1 is 0.933 bits per heavy atom. The topological polar surface area (TPSA) is 40.6 Å². The lowest BCUT2D eigenvalue weighted by Crippen LogP contribution is -2.07. The molecular weight excluding hydrogens is 466 g/mol. The minimum atomic E-state index is -4.42. The van der Waals surface area contributed by atoms with Gasteiger partial charge in [-0.15, -0.1) is 0 Å². The van der Waals surface area contributed by atoms with Crippen LogP contribution in [0.15, 0.2) is 47.1 Å². The number of nitrogens with zero attached hydrogens (tertiary/aromatic N) is 1. The summed E-state index contributed by atoms with van der Waals surface area (Å²) >= 11 is 17.1. The number of pyridine rings is 1. The Morgan fingerprint density at radius 2 is 1.60 bits per heavy atom. The molecule has 0 atom stereocenters. The van der Waals surface area contributed by atoms with Gasteiger partial charge >= 0.3 is 6.18 Å². The monoisotopic (exact) mass is 483 g/mol. The van der Waals surface area contributed by atoms with Crippen molar-refractivity contribution in [2.24, 2.45) is 0 Å². The van der Waals surface area contributed by atoms with Crippen LogP contribution in [0.1, 0.15) is 24.8 Å². The molecule has 0 bridgehead atoms. The molecule has 0 aliphatic carbocycles. The van der Waals surface area contributed by atoms with Crippen LogP contribution in [0.25, 0.3) is 0 Å². The molecule has 0 spiro atoms. The first-order chi connectivity index (χ1) is 14.2. The normalized spacial score (nSPS) is 11.1. The molecule has 30 heavy (non-hydrogen) atoms. The van der Waals surface area contributed by atoms with Crippen LogP contribution in [0.3, 0.4) is 0 Å². The van der Waals surface area contributed by atoms with Gasteiger partial charge in [0.05, 0.1) is 18.8 Å². The smallest absolute Gasteiger partial charge is 0.416 e. The standard InChI is InChI=1S/C20H19Cl3F3NO3/c21-15-11-16(13-17(12-15)29-9-5-18(22)23)28-7-2-1-3-8-30-19-10-14(4-6-27-19)20(24,25)26/h4-6,10-13H,1-3,7-9H2. The van der Waals surface area contributed by atoms with E-state index >= 15 is 0 Å². The lowest BCUT2D eigenvalue weighted by atomic mass is 10.2. The van der Waals surface area contributed by atoms with E-state index in [1.54, 1.807) is 18.2 Å². The molecule has 0 fully saturated rings. The van der Waals surface area contributed by atoms with Crippen LogP contribution in [-0.2, 0) is 6.18 Å². The van der Waals surface area contributed by atoms with Crippen molar-refractivity contribution in [2.45, 2.75) is 25.4 Å². The molecule has 0 amide bonds. The van der Waals surface area contributed by atoms with E-state index in [1.807, 2.05) is 0 Å². The molecule has 0 unspecified atom stereocenters. The average Bonchev–Trinajstić information content (AvgIpc) is 2.66. The predicted octanol–water partition coefficient (Wildman–Crippen LogP) is 7.08. The summed E-state index contributed by atoms with van der Waals surface area (Å²) in [5.41, 5.74) is -0.785. The Balaban J connectivity index is 1.67. The van der Waals surface area contributed by atoms with E-state index in [1.165, 1.54) is 6.08 Å². The zero-order chi connectivity index (χ0) is 22.0. The van der Waals surface area contributed by atoms with Crippen molar-refractivity contribution in [2.75, 3.05) is 19.8 Å². The fourth-order valence-electron chi connectivity index (χ4n) is 2.32. The van der Waals surface area contributed by atoms with Crippen LogP contribution >= 0.6 is 34.8 Å². The van der Waals surface area contributed by atoms with E-state index in [2.05, 4.69) is 4.98 Å². The van der Waals surface area contributed by atoms with Gasteiger partial charge in [-0.3, -0.25) is 0 Å². The zero-order valence-corrected chi connectivity index (χ0v) is 18.0. The summed E-state index contributed by atoms with van der Waals surface area (Å²) in [5, 5.41) is 0.463. The Morgan fingerprint density at radius 3 is 2.27 bits per heavy atom. The molecule has 1 aromatic heterocycles. The lowest BCUT2D eigenvalue weighted by Gasteiger charge is -2.10. The molecule has 1 heterocycles. The van der Waals surface area contributed by atoms with Gasteiger partial charge in [-0.05, 0) is 43.5 Å². The Labute approximate surface area is 187 Å². The van der Waals surface area contributed by atoms with Crippen molar-refractivity contribution in [3.63, 3.8) is 0 Å². The predicted molar refractivity (Wildman–Crippen MR) is 111 cm³/mol. The molecule has 10 heteroatoms. The molecular formula is C20H19Cl3F3NO3. The first-order valence-electron chi connectivity index (χ1n) is 8.97. The van der Waals surface area contributed by atoms with Gasteiger partial charge in [-0.2, -0.15) is 13.2 Å². The Hall–Kier alpha value is -1.83. The van der Waals surface area contributed by atoms with Gasteiger partial charge in [0, 0.05) is 23.4 Å². The van der Waals surface area contributed by atoms with Gasteiger partial charge < -0.3 is 14.2 Å². The zero-order valence-electron chi connectivity index (χ0n) is 15.7. The second kappa shape index (κ2) is 12.1. The summed E-state index contributed by atoms with van der Waals surface area (Å²) < 4.78 is 54.5. The Kier molecular flexibility index (Phi) is 9.88. The summed E-state index contributed by atoms with van der Waals surface area (Å²) in [5.74, 6) is 1.03. The third-order valence-electron chi connectivity index (χ3n) is 3.70. The number of unbranched alkanes of at least 4 members (excludes halogenated alkanes) is 2. The third-order valence-corrected chi connectivity index (χ3v) is 4.23. The van der Waals surface area contributed by atoms with Crippen molar-refractivity contribution in [3.05, 3.63) is 57.7 Å². The second-order valence-electron chi connectivity index (χ2n) is 6.07. The largest absolute Gasteiger partial charge is 0.493 e. The van der Waals surface area contributed by atoms with Crippen LogP contribution in [0.5, 0.6) is 17.4 Å². The summed E-state index contributed by atoms with van der Waals surface area (Å²) in [6.45, 7) is 0.901. The van der Waals surface area contributed by atoms with Crippen molar-refractivity contribution < 1.29 is 27.4 Å². The third kappa shape index (κ3) is 9.32. The lowest BCUT2D eigenvalue weighted by molar-refractivity contribution is -0.137. The van der Waals surface area contributed by atoms with E-state index in [4.69, 9.17) is 49.0 Å². The number of benzene rings is 1. The molecule has 0 aliphatic rings. The van der Waals surface area contributed by atoms with E-state index in [0.29, 0.717) is 29.5 Å². The van der Waals surface area contributed by atoms with Crippen molar-refractivity contribution in [3.8, 4) is 17.4 Å². The van der Waals surface area contributed by atoms with Crippen LogP contribution in [-0.4, -0.2) is 24.8 Å². The number of hydrogen-bond donors (Lipinski definition) is 0. The van der Waals surface area contributed by atoms with Crippen molar-refractivity contribution in [1.82, 2.24) is 4.98 Å². The molecule has 2 aromatic rings. The highest BCUT2D eigenvalue weighted by atomic mass is 35.5. The van der Waals surface area contributed by atoms with Gasteiger partial charge in [-0.25, -0.2) is 4.98 Å². The number of halogens is 6. The van der Waals surface area contributed by atoms with Gasteiger partial charge in [0.2, 0.25) is 5.88 Å². The first-order valence-corrected chi connectivity index (χ1v) is 10.1. The molecule has 0 radical (unpaired) electrons. The quantitative estimate of drug-likeness (QED) is 0.320. The average molecular weight is 485 g/mol. The van der Waals surface area contributed by atoms with Gasteiger partial charge in [0.1, 0.15) is 22.6 Å². The summed E-state index contributed by atoms with van der Waals surface area (Å²) in [4.78, 5) is 3.78. The fraction of sp³-hybridized carbons (Fsp3) is 0.350. The molecule has 1 aromatic carbocycles. The fourth-order valence-corrected chi connectivity index (χ4v) is 2.66. The Bertz CT molecular complexity index is 844. The number of hydrogen-bond acceptors (Lipinski definition) is 4. The maximum Gasteiger partial charge on any atom is 0.416 e. The van der Waals surface area contributed by atoms with Crippen molar-refractivity contribution >= 4 is 34.8 Å². The van der Waals surface area contributed by atoms with Crippen molar-refractivity contribution in [1.29, 1.82) is 0 Å². The molecule has 2 rings (SSSR count). The highest BCUT2D eigenvalue weighted by Gasteiger charge is 2.30. The van der Waals surface area contributed by atoms with E-state index in [0.717, 1.165) is 31.2 Å². The number of rotatable bonds is 11. The number of alkyl halides is 3. The molecule has 0 N–H and O–H groups in total. The van der Waals surface area contributed by atoms with Gasteiger partial charge in [0.25, 0.3) is 0 Å². The van der Waals surface area contributed by atoms with Gasteiger partial charge in [0.15, 0.2) is 0 Å². The number of ether oxygens (including phenoxy) is 3. The molecule has 0 saturated carbocycles. The maximum atomic E-state index is 12.7.